The zero-order valence-electron chi connectivity index (χ0n) is 7.76. The molecule has 0 atom stereocenters. The van der Waals surface area contributed by atoms with Gasteiger partial charge in [0.1, 0.15) is 5.82 Å². The van der Waals surface area contributed by atoms with Crippen molar-refractivity contribution in [2.75, 3.05) is 6.61 Å². The van der Waals surface area contributed by atoms with Crippen molar-refractivity contribution in [2.45, 2.75) is 24.7 Å². The number of rotatable bonds is 2. The van der Waals surface area contributed by atoms with Gasteiger partial charge in [-0.2, -0.15) is 0 Å². The van der Waals surface area contributed by atoms with Crippen LogP contribution in [-0.4, -0.2) is 11.7 Å². The van der Waals surface area contributed by atoms with E-state index in [2.05, 4.69) is 15.9 Å². The fourth-order valence-electron chi connectivity index (χ4n) is 2.03. The molecule has 0 amide bonds. The third-order valence-corrected chi connectivity index (χ3v) is 3.75. The van der Waals surface area contributed by atoms with Gasteiger partial charge in [0.15, 0.2) is 0 Å². The Morgan fingerprint density at radius 2 is 2.14 bits per heavy atom. The Kier molecular flexibility index (Phi) is 2.62. The molecule has 1 nitrogen and oxygen atoms in total. The fraction of sp³-hybridized carbons (Fsp3) is 0.455. The highest BCUT2D eigenvalue weighted by molar-refractivity contribution is 9.10. The first-order valence-corrected chi connectivity index (χ1v) is 5.54. The van der Waals surface area contributed by atoms with Crippen molar-refractivity contribution < 1.29 is 9.50 Å². The van der Waals surface area contributed by atoms with Gasteiger partial charge >= 0.3 is 0 Å². The lowest BCUT2D eigenvalue weighted by molar-refractivity contribution is 0.116. The Balaban J connectivity index is 2.45. The summed E-state index contributed by atoms with van der Waals surface area (Å²) in [5.41, 5.74) is 0.342. The van der Waals surface area contributed by atoms with E-state index in [0.29, 0.717) is 10.0 Å². The zero-order valence-corrected chi connectivity index (χ0v) is 9.35. The number of halogens is 2. The second-order valence-electron chi connectivity index (χ2n) is 3.89. The summed E-state index contributed by atoms with van der Waals surface area (Å²) in [5, 5.41) is 9.32. The summed E-state index contributed by atoms with van der Waals surface area (Å²) in [6, 6.07) is 5.27. The van der Waals surface area contributed by atoms with E-state index in [4.69, 9.17) is 0 Å². The molecule has 1 aliphatic carbocycles. The molecule has 0 aromatic heterocycles. The van der Waals surface area contributed by atoms with E-state index in [0.717, 1.165) is 19.3 Å². The topological polar surface area (TPSA) is 20.2 Å². The van der Waals surface area contributed by atoms with E-state index in [1.807, 2.05) is 6.07 Å². The van der Waals surface area contributed by atoms with Gasteiger partial charge in [-0.15, -0.1) is 0 Å². The molecule has 1 N–H and O–H groups in total. The van der Waals surface area contributed by atoms with Crippen molar-refractivity contribution in [3.63, 3.8) is 0 Å². The molecule has 14 heavy (non-hydrogen) atoms. The molecule has 0 unspecified atom stereocenters. The molecular formula is C11H12BrFO. The van der Waals surface area contributed by atoms with Crippen molar-refractivity contribution in [1.29, 1.82) is 0 Å². The number of hydrogen-bond donors (Lipinski definition) is 1. The highest BCUT2D eigenvalue weighted by Gasteiger charge is 2.40. The molecule has 0 spiro atoms. The van der Waals surface area contributed by atoms with Crippen LogP contribution in [0.15, 0.2) is 22.7 Å². The average Bonchev–Trinajstić information content (AvgIpc) is 2.11. The van der Waals surface area contributed by atoms with Crippen LogP contribution in [0.1, 0.15) is 24.8 Å². The van der Waals surface area contributed by atoms with Crippen molar-refractivity contribution in [1.82, 2.24) is 0 Å². The summed E-state index contributed by atoms with van der Waals surface area (Å²) in [5.74, 6) is -0.221. The Labute approximate surface area is 91.1 Å². The van der Waals surface area contributed by atoms with Gasteiger partial charge < -0.3 is 5.11 Å². The molecule has 0 bridgehead atoms. The maximum atomic E-state index is 13.7. The van der Waals surface area contributed by atoms with Gasteiger partial charge in [-0.3, -0.25) is 0 Å². The number of benzene rings is 1. The second-order valence-corrected chi connectivity index (χ2v) is 4.75. The quantitative estimate of drug-likeness (QED) is 0.865. The van der Waals surface area contributed by atoms with Gasteiger partial charge in [-0.1, -0.05) is 18.6 Å². The largest absolute Gasteiger partial charge is 0.395 e. The van der Waals surface area contributed by atoms with Crippen LogP contribution in [0.5, 0.6) is 0 Å². The molecule has 1 aliphatic rings. The maximum Gasteiger partial charge on any atom is 0.141 e. The van der Waals surface area contributed by atoms with Gasteiger partial charge in [0, 0.05) is 5.41 Å². The lowest BCUT2D eigenvalue weighted by Crippen LogP contribution is -2.38. The summed E-state index contributed by atoms with van der Waals surface area (Å²) >= 11 is 3.16. The van der Waals surface area contributed by atoms with Gasteiger partial charge in [0.25, 0.3) is 0 Å². The summed E-state index contributed by atoms with van der Waals surface area (Å²) in [6.45, 7) is 0.0420. The van der Waals surface area contributed by atoms with E-state index < -0.39 is 0 Å². The molecule has 1 aromatic carbocycles. The molecule has 0 saturated heterocycles. The summed E-state index contributed by atoms with van der Waals surface area (Å²) in [6.07, 6.45) is 2.85. The fourth-order valence-corrected chi connectivity index (χ4v) is 2.40. The first-order valence-electron chi connectivity index (χ1n) is 4.75. The monoisotopic (exact) mass is 258 g/mol. The van der Waals surface area contributed by atoms with Crippen molar-refractivity contribution in [3.8, 4) is 0 Å². The minimum absolute atomic E-state index is 0.0420. The van der Waals surface area contributed by atoms with Crippen LogP contribution in [0.3, 0.4) is 0 Å². The third-order valence-electron chi connectivity index (χ3n) is 3.14. The van der Waals surface area contributed by atoms with Crippen LogP contribution in [0.2, 0.25) is 0 Å². The van der Waals surface area contributed by atoms with Gasteiger partial charge in [0.05, 0.1) is 11.1 Å². The first kappa shape index (κ1) is 10.1. The van der Waals surface area contributed by atoms with Crippen molar-refractivity contribution >= 4 is 15.9 Å². The van der Waals surface area contributed by atoms with Gasteiger partial charge in [-0.05, 0) is 40.4 Å². The number of aliphatic hydroxyl groups excluding tert-OH is 1. The smallest absolute Gasteiger partial charge is 0.141 e. The minimum Gasteiger partial charge on any atom is -0.395 e. The van der Waals surface area contributed by atoms with Crippen molar-refractivity contribution in [3.05, 3.63) is 34.1 Å². The molecule has 3 heteroatoms. The summed E-state index contributed by atoms with van der Waals surface area (Å²) in [7, 11) is 0. The van der Waals surface area contributed by atoms with Crippen LogP contribution in [-0.2, 0) is 5.41 Å². The highest BCUT2D eigenvalue weighted by Crippen LogP contribution is 2.45. The van der Waals surface area contributed by atoms with Crippen molar-refractivity contribution in [2.24, 2.45) is 0 Å². The van der Waals surface area contributed by atoms with Crippen LogP contribution >= 0.6 is 15.9 Å². The standard InChI is InChI=1S/C11H12BrFO/c12-9-4-1-3-8(10(9)13)11(7-14)5-2-6-11/h1,3-4,14H,2,5-7H2. The molecule has 2 rings (SSSR count). The van der Waals surface area contributed by atoms with Crippen LogP contribution in [0, 0.1) is 5.82 Å². The summed E-state index contributed by atoms with van der Waals surface area (Å²) in [4.78, 5) is 0. The number of hydrogen-bond acceptors (Lipinski definition) is 1. The van der Waals surface area contributed by atoms with E-state index in [-0.39, 0.29) is 17.8 Å². The molecule has 76 valence electrons. The lowest BCUT2D eigenvalue weighted by Gasteiger charge is -2.41. The summed E-state index contributed by atoms with van der Waals surface area (Å²) < 4.78 is 14.2. The molecule has 0 radical (unpaired) electrons. The molecule has 1 saturated carbocycles. The molecule has 1 aromatic rings. The third kappa shape index (κ3) is 1.39. The molecular weight excluding hydrogens is 247 g/mol. The van der Waals surface area contributed by atoms with E-state index in [1.54, 1.807) is 12.1 Å². The second kappa shape index (κ2) is 3.63. The Morgan fingerprint density at radius 3 is 2.64 bits per heavy atom. The maximum absolute atomic E-state index is 13.7. The van der Waals surface area contributed by atoms with Crippen LogP contribution in [0.4, 0.5) is 4.39 Å². The Morgan fingerprint density at radius 1 is 1.43 bits per heavy atom. The van der Waals surface area contributed by atoms with E-state index in [9.17, 15) is 9.50 Å². The molecule has 0 aliphatic heterocycles. The van der Waals surface area contributed by atoms with E-state index in [1.165, 1.54) is 0 Å². The van der Waals surface area contributed by atoms with Gasteiger partial charge in [-0.25, -0.2) is 4.39 Å². The molecule has 1 fully saturated rings. The van der Waals surface area contributed by atoms with Gasteiger partial charge in [0.2, 0.25) is 0 Å². The Hall–Kier alpha value is -0.410. The zero-order chi connectivity index (χ0) is 10.2. The lowest BCUT2D eigenvalue weighted by atomic mass is 9.65. The SMILES string of the molecule is OCC1(c2cccc(Br)c2F)CCC1. The average molecular weight is 259 g/mol. The predicted octanol–water partition coefficient (Wildman–Crippen LogP) is 3.00. The molecule has 0 heterocycles. The predicted molar refractivity (Wildman–Crippen MR) is 56.7 cm³/mol. The van der Waals surface area contributed by atoms with Crippen LogP contribution in [0.25, 0.3) is 0 Å². The Bertz CT molecular complexity index is 342. The van der Waals surface area contributed by atoms with Crippen LogP contribution < -0.4 is 0 Å². The normalized spacial score (nSPS) is 19.1. The first-order chi connectivity index (χ1) is 6.69. The highest BCUT2D eigenvalue weighted by atomic mass is 79.9. The number of aliphatic hydroxyl groups is 1. The van der Waals surface area contributed by atoms with E-state index >= 15 is 0 Å². The minimum atomic E-state index is -0.312.